The average molecular weight is 491 g/mol. The van der Waals surface area contributed by atoms with E-state index in [-0.39, 0.29) is 11.7 Å². The Morgan fingerprint density at radius 2 is 2.00 bits per heavy atom. The summed E-state index contributed by atoms with van der Waals surface area (Å²) in [7, 11) is 0. The lowest BCUT2D eigenvalue weighted by molar-refractivity contribution is -0.113. The molecule has 0 radical (unpaired) electrons. The lowest BCUT2D eigenvalue weighted by Gasteiger charge is -2.28. The van der Waals surface area contributed by atoms with E-state index >= 15 is 0 Å². The quantitative estimate of drug-likeness (QED) is 0.363. The summed E-state index contributed by atoms with van der Waals surface area (Å²) in [6.07, 6.45) is 3.15. The maximum atomic E-state index is 14.2. The van der Waals surface area contributed by atoms with Gasteiger partial charge in [0.25, 0.3) is 5.91 Å². The summed E-state index contributed by atoms with van der Waals surface area (Å²) >= 11 is 1.27. The number of amides is 1. The van der Waals surface area contributed by atoms with Gasteiger partial charge in [0.15, 0.2) is 0 Å². The predicted molar refractivity (Wildman–Crippen MR) is 130 cm³/mol. The molecule has 0 fully saturated rings. The number of nitrogens with zero attached hydrogens (tertiary/aromatic N) is 4. The number of halogens is 2. The highest BCUT2D eigenvalue weighted by Gasteiger charge is 2.34. The number of allylic oxidation sites excluding steroid dienone is 1. The second-order valence-corrected chi connectivity index (χ2v) is 8.80. The number of rotatable bonds is 6. The van der Waals surface area contributed by atoms with Gasteiger partial charge in [-0.2, -0.15) is 4.98 Å². The van der Waals surface area contributed by atoms with Gasteiger partial charge < -0.3 is 10.6 Å². The van der Waals surface area contributed by atoms with Crippen molar-refractivity contribution in [2.75, 3.05) is 10.6 Å². The van der Waals surface area contributed by atoms with Crippen molar-refractivity contribution in [2.45, 2.75) is 23.9 Å². The molecule has 1 atom stereocenters. The van der Waals surface area contributed by atoms with Crippen LogP contribution in [0.1, 0.15) is 24.1 Å². The zero-order chi connectivity index (χ0) is 24.4. The van der Waals surface area contributed by atoms with E-state index in [9.17, 15) is 13.6 Å². The summed E-state index contributed by atoms with van der Waals surface area (Å²) in [5.41, 5.74) is 2.53. The predicted octanol–water partition coefficient (Wildman–Crippen LogP) is 5.17. The maximum Gasteiger partial charge on any atom is 0.255 e. The van der Waals surface area contributed by atoms with Gasteiger partial charge in [-0.25, -0.2) is 13.5 Å². The number of carbonyl (C=O) groups is 1. The third-order valence-electron chi connectivity index (χ3n) is 5.48. The number of aromatic nitrogens is 4. The molecule has 35 heavy (non-hydrogen) atoms. The van der Waals surface area contributed by atoms with Crippen LogP contribution in [0.3, 0.4) is 0 Å². The molecule has 2 aromatic heterocycles. The normalized spacial score (nSPS) is 14.9. The highest BCUT2D eigenvalue weighted by molar-refractivity contribution is 7.98. The molecule has 7 nitrogen and oxygen atoms in total. The Hall–Kier alpha value is -4.05. The lowest BCUT2D eigenvalue weighted by Crippen LogP contribution is -2.31. The van der Waals surface area contributed by atoms with Crippen molar-refractivity contribution in [1.82, 2.24) is 19.7 Å². The summed E-state index contributed by atoms with van der Waals surface area (Å²) in [5.74, 6) is -0.362. The Kier molecular flexibility index (Phi) is 6.28. The van der Waals surface area contributed by atoms with Gasteiger partial charge >= 0.3 is 0 Å². The molecule has 10 heteroatoms. The second-order valence-electron chi connectivity index (χ2n) is 7.86. The molecule has 4 aromatic rings. The Balaban J connectivity index is 1.50. The van der Waals surface area contributed by atoms with E-state index in [1.165, 1.54) is 30.0 Å². The van der Waals surface area contributed by atoms with Crippen LogP contribution in [0.5, 0.6) is 0 Å². The van der Waals surface area contributed by atoms with Gasteiger partial charge in [0.2, 0.25) is 11.1 Å². The summed E-state index contributed by atoms with van der Waals surface area (Å²) in [6.45, 7) is 1.76. The van der Waals surface area contributed by atoms with Crippen LogP contribution in [-0.4, -0.2) is 25.7 Å². The Morgan fingerprint density at radius 3 is 2.77 bits per heavy atom. The number of fused-ring (bicyclic) bond motifs is 1. The molecule has 3 heterocycles. The molecular weight excluding hydrogens is 470 g/mol. The standard InChI is InChI=1S/C25H20F2N6OS/c1-15-21(23(34)30-19-9-5-11-28-13-19)22(16-7-4-8-18(26)12-16)33-24(29-15)31-25(32-33)35-14-17-6-2-3-10-20(17)27/h2-13,22H,14H2,1H3,(H,30,34)(H,29,31,32). The summed E-state index contributed by atoms with van der Waals surface area (Å²) in [6, 6.07) is 15.3. The first-order valence-electron chi connectivity index (χ1n) is 10.8. The molecule has 1 aliphatic rings. The van der Waals surface area contributed by atoms with E-state index in [0.29, 0.717) is 44.9 Å². The van der Waals surface area contributed by atoms with E-state index in [0.717, 1.165) is 0 Å². The smallest absolute Gasteiger partial charge is 0.255 e. The minimum Gasteiger partial charge on any atom is -0.328 e. The third-order valence-corrected chi connectivity index (χ3v) is 6.36. The molecule has 0 aliphatic carbocycles. The third kappa shape index (κ3) is 4.78. The number of pyridine rings is 1. The van der Waals surface area contributed by atoms with Gasteiger partial charge in [-0.1, -0.05) is 42.1 Å². The number of anilines is 2. The fourth-order valence-electron chi connectivity index (χ4n) is 3.86. The minimum atomic E-state index is -0.728. The number of nitrogens with one attached hydrogen (secondary N) is 2. The molecular formula is C25H20F2N6OS. The number of hydrogen-bond acceptors (Lipinski definition) is 6. The minimum absolute atomic E-state index is 0.299. The molecule has 0 bridgehead atoms. The monoisotopic (exact) mass is 490 g/mol. The fraction of sp³-hybridized carbons (Fsp3) is 0.120. The average Bonchev–Trinajstić information content (AvgIpc) is 3.25. The van der Waals surface area contributed by atoms with Gasteiger partial charge in [-0.05, 0) is 48.4 Å². The largest absolute Gasteiger partial charge is 0.328 e. The second kappa shape index (κ2) is 9.67. The van der Waals surface area contributed by atoms with Crippen LogP contribution in [-0.2, 0) is 10.5 Å². The highest BCUT2D eigenvalue weighted by Crippen LogP contribution is 2.37. The fourth-order valence-corrected chi connectivity index (χ4v) is 4.68. The Morgan fingerprint density at radius 1 is 1.14 bits per heavy atom. The van der Waals surface area contributed by atoms with E-state index in [1.54, 1.807) is 66.5 Å². The van der Waals surface area contributed by atoms with Gasteiger partial charge in [0, 0.05) is 17.6 Å². The van der Waals surface area contributed by atoms with Crippen LogP contribution in [0.15, 0.2) is 89.5 Å². The van der Waals surface area contributed by atoms with Crippen molar-refractivity contribution < 1.29 is 13.6 Å². The number of benzene rings is 2. The number of thioether (sulfide) groups is 1. The van der Waals surface area contributed by atoms with E-state index in [2.05, 4.69) is 25.7 Å². The zero-order valence-corrected chi connectivity index (χ0v) is 19.4. The van der Waals surface area contributed by atoms with Crippen LogP contribution in [0.4, 0.5) is 20.4 Å². The molecule has 1 amide bonds. The van der Waals surface area contributed by atoms with Crippen LogP contribution in [0.25, 0.3) is 0 Å². The lowest BCUT2D eigenvalue weighted by atomic mass is 9.95. The summed E-state index contributed by atoms with van der Waals surface area (Å²) in [4.78, 5) is 21.9. The Labute approximate surface area is 204 Å². The summed E-state index contributed by atoms with van der Waals surface area (Å²) in [5, 5.41) is 11.0. The van der Waals surface area contributed by atoms with Crippen LogP contribution < -0.4 is 10.6 Å². The molecule has 1 unspecified atom stereocenters. The number of hydrogen-bond donors (Lipinski definition) is 2. The topological polar surface area (TPSA) is 84.7 Å². The van der Waals surface area contributed by atoms with E-state index in [1.807, 2.05) is 0 Å². The molecule has 5 rings (SSSR count). The van der Waals surface area contributed by atoms with Crippen molar-refractivity contribution >= 4 is 29.3 Å². The van der Waals surface area contributed by atoms with Crippen LogP contribution in [0.2, 0.25) is 0 Å². The molecule has 0 saturated heterocycles. The highest BCUT2D eigenvalue weighted by atomic mass is 32.2. The van der Waals surface area contributed by atoms with Gasteiger partial charge in [0.05, 0.1) is 17.5 Å². The number of carbonyl (C=O) groups excluding carboxylic acids is 1. The molecule has 2 aromatic carbocycles. The zero-order valence-electron chi connectivity index (χ0n) is 18.6. The first kappa shape index (κ1) is 22.7. The molecule has 0 saturated carbocycles. The van der Waals surface area contributed by atoms with Gasteiger partial charge in [-0.3, -0.25) is 9.78 Å². The van der Waals surface area contributed by atoms with Crippen molar-refractivity contribution in [3.05, 3.63) is 107 Å². The first-order chi connectivity index (χ1) is 17.0. The Bertz CT molecular complexity index is 1420. The van der Waals surface area contributed by atoms with Gasteiger partial charge in [0.1, 0.15) is 17.7 Å². The van der Waals surface area contributed by atoms with Crippen molar-refractivity contribution in [2.24, 2.45) is 0 Å². The first-order valence-corrected chi connectivity index (χ1v) is 11.8. The summed E-state index contributed by atoms with van der Waals surface area (Å²) < 4.78 is 29.8. The SMILES string of the molecule is CC1=C(C(=O)Nc2cccnc2)C(c2cccc(F)c2)n2nc(SCc3ccccc3F)nc2N1. The maximum absolute atomic E-state index is 14.2. The molecule has 2 N–H and O–H groups in total. The van der Waals surface area contributed by atoms with Crippen LogP contribution in [0, 0.1) is 11.6 Å². The van der Waals surface area contributed by atoms with Gasteiger partial charge in [-0.15, -0.1) is 5.10 Å². The van der Waals surface area contributed by atoms with E-state index < -0.39 is 11.9 Å². The molecule has 0 spiro atoms. The van der Waals surface area contributed by atoms with Crippen molar-refractivity contribution in [3.63, 3.8) is 0 Å². The molecule has 176 valence electrons. The van der Waals surface area contributed by atoms with Crippen molar-refractivity contribution in [1.29, 1.82) is 0 Å². The van der Waals surface area contributed by atoms with Crippen LogP contribution >= 0.6 is 11.8 Å². The molecule has 1 aliphatic heterocycles. The van der Waals surface area contributed by atoms with E-state index in [4.69, 9.17) is 0 Å². The van der Waals surface area contributed by atoms with Crippen molar-refractivity contribution in [3.8, 4) is 0 Å².